The molecule has 0 bridgehead atoms. The van der Waals surface area contributed by atoms with Crippen LogP contribution >= 0.6 is 71.3 Å². The van der Waals surface area contributed by atoms with Crippen molar-refractivity contribution in [1.82, 2.24) is 14.0 Å². The summed E-state index contributed by atoms with van der Waals surface area (Å²) in [6.45, 7) is 4.00. The normalized spacial score (nSPS) is 21.2. The summed E-state index contributed by atoms with van der Waals surface area (Å²) in [5.74, 6) is 0. The molecule has 21 nitrogen and oxygen atoms in total. The van der Waals surface area contributed by atoms with Crippen molar-refractivity contribution in [3.8, 4) is 0 Å². The molecule has 0 aromatic carbocycles. The van der Waals surface area contributed by atoms with Crippen molar-refractivity contribution in [3.05, 3.63) is 0 Å². The Morgan fingerprint density at radius 2 is 0.745 bits per heavy atom. The van der Waals surface area contributed by atoms with E-state index in [1.54, 1.807) is 0 Å². The second-order valence-corrected chi connectivity index (χ2v) is 18.5. The van der Waals surface area contributed by atoms with Crippen LogP contribution in [0.2, 0.25) is 0 Å². The first kappa shape index (κ1) is 52.6. The van der Waals surface area contributed by atoms with Crippen LogP contribution < -0.4 is 0 Å². The SMILES string of the molecule is O=P(O)(F)O[P+](N1CCCC1)(N1CCCC1)N1CCCC1Br.O=P(O)(O)F.O=P(O)(O)F.O=P(O)(O)F.O=P(O)(O)F.O=P(O)(O)F. The molecule has 0 amide bonds. The molecular formula is C12H34BrF6N3O18P7+. The molecule has 2 atom stereocenters. The molecular weight excluding hydrogens is 885 g/mol. The van der Waals surface area contributed by atoms with Crippen molar-refractivity contribution in [3.63, 3.8) is 0 Å². The number of hydrogen-bond acceptors (Lipinski definition) is 10. The van der Waals surface area contributed by atoms with Crippen LogP contribution in [-0.4, -0.2) is 106 Å². The molecule has 47 heavy (non-hydrogen) atoms. The van der Waals surface area contributed by atoms with E-state index in [2.05, 4.69) is 29.9 Å². The summed E-state index contributed by atoms with van der Waals surface area (Å²) in [6, 6.07) is 0. The molecule has 0 aromatic rings. The molecule has 0 radical (unpaired) electrons. The third-order valence-corrected chi connectivity index (χ3v) is 11.0. The maximum Gasteiger partial charge on any atom is 0.549 e. The predicted molar refractivity (Wildman–Crippen MR) is 155 cm³/mol. The Labute approximate surface area is 272 Å². The minimum atomic E-state index is -5.14. The minimum absolute atomic E-state index is 0.0774. The molecule has 3 heterocycles. The Morgan fingerprint density at radius 1 is 0.511 bits per heavy atom. The van der Waals surface area contributed by atoms with Gasteiger partial charge in [0.15, 0.2) is 0 Å². The molecule has 0 saturated carbocycles. The third-order valence-electron chi connectivity index (χ3n) is 4.60. The van der Waals surface area contributed by atoms with Crippen molar-refractivity contribution >= 4 is 71.3 Å². The van der Waals surface area contributed by atoms with E-state index in [1.165, 1.54) is 0 Å². The lowest BCUT2D eigenvalue weighted by molar-refractivity contribution is 0.251. The Morgan fingerprint density at radius 3 is 0.915 bits per heavy atom. The van der Waals surface area contributed by atoms with E-state index < -0.39 is 55.4 Å². The van der Waals surface area contributed by atoms with Crippen molar-refractivity contribution in [2.75, 3.05) is 32.7 Å². The van der Waals surface area contributed by atoms with Crippen LogP contribution in [0.15, 0.2) is 0 Å². The smallest absolute Gasteiger partial charge is 0.299 e. The number of halogens is 7. The molecule has 3 aliphatic heterocycles. The highest BCUT2D eigenvalue weighted by Gasteiger charge is 2.66. The fraction of sp³-hybridized carbons (Fsp3) is 1.00. The zero-order valence-corrected chi connectivity index (χ0v) is 31.1. The van der Waals surface area contributed by atoms with Gasteiger partial charge in [0.05, 0.1) is 0 Å². The van der Waals surface area contributed by atoms with Crippen LogP contribution in [0.1, 0.15) is 38.5 Å². The van der Waals surface area contributed by atoms with Crippen molar-refractivity contribution in [2.45, 2.75) is 43.5 Å². The molecule has 0 spiro atoms. The first-order valence-corrected chi connectivity index (χ1v) is 23.2. The molecule has 2 unspecified atom stereocenters. The summed E-state index contributed by atoms with van der Waals surface area (Å²) in [5.41, 5.74) is 0. The van der Waals surface area contributed by atoms with Gasteiger partial charge in [0.1, 0.15) is 4.95 Å². The van der Waals surface area contributed by atoms with Gasteiger partial charge >= 0.3 is 55.4 Å². The fourth-order valence-electron chi connectivity index (χ4n) is 3.72. The van der Waals surface area contributed by atoms with Gasteiger partial charge in [-0.1, -0.05) is 20.2 Å². The molecule has 35 heteroatoms. The van der Waals surface area contributed by atoms with Gasteiger partial charge in [-0.05, 0) is 38.5 Å². The highest BCUT2D eigenvalue weighted by Crippen LogP contribution is 2.78. The van der Waals surface area contributed by atoms with Crippen molar-refractivity contribution in [1.29, 1.82) is 0 Å². The maximum absolute atomic E-state index is 13.8. The van der Waals surface area contributed by atoms with Gasteiger partial charge in [-0.3, -0.25) is 53.8 Å². The lowest BCUT2D eigenvalue weighted by Crippen LogP contribution is -2.44. The van der Waals surface area contributed by atoms with Crippen LogP contribution in [-0.2, 0) is 31.7 Å². The zero-order chi connectivity index (χ0) is 38.3. The van der Waals surface area contributed by atoms with Crippen LogP contribution in [0.25, 0.3) is 0 Å². The Kier molecular flexibility index (Phi) is 25.0. The molecule has 3 rings (SSSR count). The lowest BCUT2D eigenvalue weighted by atomic mass is 10.4. The minimum Gasteiger partial charge on any atom is -0.299 e. The third kappa shape index (κ3) is 39.9. The first-order valence-electron chi connectivity index (χ1n) is 11.7. The van der Waals surface area contributed by atoms with Gasteiger partial charge in [-0.15, -0.1) is 39.2 Å². The predicted octanol–water partition coefficient (Wildman–Crippen LogP) is 4.00. The molecule has 11 N–H and O–H groups in total. The summed E-state index contributed by atoms with van der Waals surface area (Å²) in [4.78, 5) is 79.1. The monoisotopic (exact) mass is 918 g/mol. The molecule has 288 valence electrons. The zero-order valence-electron chi connectivity index (χ0n) is 23.3. The number of rotatable bonds is 5. The van der Waals surface area contributed by atoms with E-state index in [4.69, 9.17) is 76.1 Å². The second kappa shape index (κ2) is 22.4. The summed E-state index contributed by atoms with van der Waals surface area (Å²) in [6.07, 6.45) is 6.06. The van der Waals surface area contributed by atoms with E-state index in [0.717, 1.165) is 71.2 Å². The molecule has 3 fully saturated rings. The van der Waals surface area contributed by atoms with Crippen molar-refractivity contribution in [2.24, 2.45) is 0 Å². The summed E-state index contributed by atoms with van der Waals surface area (Å²) in [7, 11) is -33.5. The Bertz CT molecular complexity index is 1010. The average molecular weight is 919 g/mol. The topological polar surface area (TPSA) is 344 Å². The van der Waals surface area contributed by atoms with Gasteiger partial charge < -0.3 is 0 Å². The fourth-order valence-corrected chi connectivity index (χ4v) is 10.7. The van der Waals surface area contributed by atoms with Crippen LogP contribution in [0.4, 0.5) is 25.2 Å². The van der Waals surface area contributed by atoms with Gasteiger partial charge in [-0.25, -0.2) is 27.4 Å². The van der Waals surface area contributed by atoms with E-state index in [0.29, 0.717) is 0 Å². The molecule has 3 saturated heterocycles. The number of hydrogen-bond donors (Lipinski definition) is 11. The summed E-state index contributed by atoms with van der Waals surface area (Å²) >= 11 is 3.67. The van der Waals surface area contributed by atoms with E-state index in [9.17, 15) is 34.6 Å². The average Bonchev–Trinajstić information content (AvgIpc) is 3.49. The van der Waals surface area contributed by atoms with Gasteiger partial charge in [0, 0.05) is 32.7 Å². The van der Waals surface area contributed by atoms with Gasteiger partial charge in [0.2, 0.25) is 0 Å². The van der Waals surface area contributed by atoms with Crippen molar-refractivity contribution < 1.29 is 111 Å². The molecule has 0 aliphatic carbocycles. The standard InChI is InChI=1S/C12H23BrFN3O3P2.5FH2O3P/c13-12-6-5-11-17(12)22(20-21(14,18)19,15-7-1-2-8-15)16-9-3-4-10-16;5*1-5(2,3)4/h12H,1-11H2;5*(H2,2,3,4)/p+1. The van der Waals surface area contributed by atoms with Crippen LogP contribution in [0.3, 0.4) is 0 Å². The summed E-state index contributed by atoms with van der Waals surface area (Å²) < 4.78 is 132. The second-order valence-electron chi connectivity index (χ2n) is 8.47. The number of alkyl halides is 1. The van der Waals surface area contributed by atoms with E-state index in [1.807, 2.05) is 0 Å². The quantitative estimate of drug-likeness (QED) is 0.0803. The summed E-state index contributed by atoms with van der Waals surface area (Å²) in [5, 5.41) is 0. The molecule has 3 aliphatic rings. The van der Waals surface area contributed by atoms with Crippen LogP contribution in [0.5, 0.6) is 0 Å². The lowest BCUT2D eigenvalue weighted by Gasteiger charge is -2.41. The maximum atomic E-state index is 13.8. The first-order chi connectivity index (χ1) is 20.4. The molecule has 0 aromatic heterocycles. The van der Waals surface area contributed by atoms with Crippen LogP contribution in [0, 0.1) is 0 Å². The largest absolute Gasteiger partial charge is 0.549 e. The van der Waals surface area contributed by atoms with Gasteiger partial charge in [-0.2, -0.15) is 0 Å². The number of nitrogens with zero attached hydrogens (tertiary/aromatic N) is 3. The Balaban J connectivity index is -0.000000632. The Hall–Kier alpha value is 1.27. The van der Waals surface area contributed by atoms with Gasteiger partial charge in [0.25, 0.3) is 0 Å². The van der Waals surface area contributed by atoms with E-state index in [-0.39, 0.29) is 4.95 Å². The highest BCUT2D eigenvalue weighted by atomic mass is 79.9. The van der Waals surface area contributed by atoms with E-state index >= 15 is 0 Å². The highest BCUT2D eigenvalue weighted by molar-refractivity contribution is 9.09.